The number of hydrogen-bond donors (Lipinski definition) is 1. The third kappa shape index (κ3) is 4.43. The molecule has 6 heteroatoms. The highest BCUT2D eigenvalue weighted by atomic mass is 32.2. The van der Waals surface area contributed by atoms with E-state index in [4.69, 9.17) is 10.5 Å². The number of ketones is 1. The van der Waals surface area contributed by atoms with Crippen LogP contribution in [-0.2, 0) is 9.53 Å². The molecule has 1 aliphatic rings. The van der Waals surface area contributed by atoms with Crippen molar-refractivity contribution in [3.63, 3.8) is 0 Å². The Bertz CT molecular complexity index is 811. The first-order valence-electron chi connectivity index (χ1n) is 8.45. The average molecular weight is 372 g/mol. The third-order valence-corrected chi connectivity index (χ3v) is 5.27. The molecule has 1 aromatic carbocycles. The summed E-state index contributed by atoms with van der Waals surface area (Å²) in [5.41, 5.74) is 8.27. The molecule has 1 aliphatic heterocycles. The van der Waals surface area contributed by atoms with Crippen molar-refractivity contribution in [3.8, 4) is 0 Å². The number of ether oxygens (including phenoxy) is 1. The fourth-order valence-corrected chi connectivity index (χ4v) is 3.92. The topological polar surface area (TPSA) is 81.8 Å². The number of carbonyl (C=O) groups is 2. The number of nitrogens with two attached hydrogens (primary N) is 1. The van der Waals surface area contributed by atoms with E-state index in [2.05, 4.69) is 11.6 Å². The second-order valence-electron chi connectivity index (χ2n) is 6.29. The standard InChI is InChI=1S/C20H24N2O3S/c1-6-25-20(24)17-10-16(19(26-17)22-14(5)21)13(4)18(23)15-9-11(2)7-8-12(15)3/h7-10,13,16H,5-6,21H2,1-4H3/b22-19+. The van der Waals surface area contributed by atoms with Gasteiger partial charge in [-0.1, -0.05) is 49.0 Å². The molecule has 5 nitrogen and oxygen atoms in total. The van der Waals surface area contributed by atoms with Gasteiger partial charge in [0, 0.05) is 17.4 Å². The van der Waals surface area contributed by atoms with E-state index in [1.54, 1.807) is 13.0 Å². The zero-order valence-corrected chi connectivity index (χ0v) is 16.4. The molecule has 1 aromatic rings. The Kier molecular flexibility index (Phi) is 6.42. The van der Waals surface area contributed by atoms with Crippen molar-refractivity contribution >= 4 is 28.6 Å². The minimum Gasteiger partial charge on any atom is -0.462 e. The summed E-state index contributed by atoms with van der Waals surface area (Å²) >= 11 is 1.19. The van der Waals surface area contributed by atoms with Crippen molar-refractivity contribution in [1.82, 2.24) is 0 Å². The van der Waals surface area contributed by atoms with Gasteiger partial charge in [-0.05, 0) is 32.4 Å². The minimum absolute atomic E-state index is 0.00786. The van der Waals surface area contributed by atoms with Crippen LogP contribution < -0.4 is 5.73 Å². The molecule has 2 rings (SSSR count). The van der Waals surface area contributed by atoms with Gasteiger partial charge in [0.1, 0.15) is 5.82 Å². The molecular weight excluding hydrogens is 348 g/mol. The molecule has 0 aromatic heterocycles. The number of nitrogens with zero attached hydrogens (tertiary/aromatic N) is 1. The maximum atomic E-state index is 13.1. The Morgan fingerprint density at radius 3 is 2.69 bits per heavy atom. The van der Waals surface area contributed by atoms with Crippen molar-refractivity contribution in [2.24, 2.45) is 22.6 Å². The molecule has 0 aliphatic carbocycles. The lowest BCUT2D eigenvalue weighted by molar-refractivity contribution is -0.137. The van der Waals surface area contributed by atoms with E-state index < -0.39 is 11.9 Å². The van der Waals surface area contributed by atoms with E-state index in [9.17, 15) is 9.59 Å². The molecule has 0 bridgehead atoms. The molecule has 0 amide bonds. The number of allylic oxidation sites excluding steroid dienone is 1. The summed E-state index contributed by atoms with van der Waals surface area (Å²) in [6, 6.07) is 5.81. The number of hydrogen-bond acceptors (Lipinski definition) is 6. The van der Waals surface area contributed by atoms with Gasteiger partial charge in [-0.3, -0.25) is 4.79 Å². The second kappa shape index (κ2) is 8.36. The maximum absolute atomic E-state index is 13.1. The van der Waals surface area contributed by atoms with Crippen molar-refractivity contribution in [2.75, 3.05) is 6.61 Å². The van der Waals surface area contributed by atoms with Crippen LogP contribution in [0.1, 0.15) is 35.3 Å². The first-order chi connectivity index (χ1) is 12.2. The van der Waals surface area contributed by atoms with Gasteiger partial charge in [0.15, 0.2) is 5.78 Å². The number of Topliss-reactive ketones (excluding diaryl/α,β-unsaturated/α-hetero) is 1. The fraction of sp³-hybridized carbons (Fsp3) is 0.350. The van der Waals surface area contributed by atoms with Gasteiger partial charge in [-0.25, -0.2) is 9.79 Å². The number of aryl methyl sites for hydroxylation is 2. The number of esters is 1. The van der Waals surface area contributed by atoms with Crippen molar-refractivity contribution in [1.29, 1.82) is 0 Å². The lowest BCUT2D eigenvalue weighted by atomic mass is 9.85. The van der Waals surface area contributed by atoms with Crippen LogP contribution in [0.2, 0.25) is 0 Å². The molecule has 2 N–H and O–H groups in total. The zero-order chi connectivity index (χ0) is 19.4. The largest absolute Gasteiger partial charge is 0.462 e. The van der Waals surface area contributed by atoms with Gasteiger partial charge in [-0.2, -0.15) is 0 Å². The summed E-state index contributed by atoms with van der Waals surface area (Å²) in [6.07, 6.45) is 1.75. The molecular formula is C20H24N2O3S. The Hall–Kier alpha value is -2.34. The fourth-order valence-electron chi connectivity index (χ4n) is 2.77. The first-order valence-corrected chi connectivity index (χ1v) is 9.27. The first kappa shape index (κ1) is 20.0. The quantitative estimate of drug-likeness (QED) is 0.607. The van der Waals surface area contributed by atoms with E-state index in [0.717, 1.165) is 11.1 Å². The number of thioether (sulfide) groups is 1. The van der Waals surface area contributed by atoms with Crippen LogP contribution in [0.25, 0.3) is 0 Å². The van der Waals surface area contributed by atoms with Crippen LogP contribution >= 0.6 is 11.8 Å². The highest BCUT2D eigenvalue weighted by Gasteiger charge is 2.36. The molecule has 1 heterocycles. The van der Waals surface area contributed by atoms with Crippen LogP contribution in [0.5, 0.6) is 0 Å². The summed E-state index contributed by atoms with van der Waals surface area (Å²) in [5, 5.41) is 0.590. The monoisotopic (exact) mass is 372 g/mol. The molecule has 0 radical (unpaired) electrons. The van der Waals surface area contributed by atoms with Crippen LogP contribution in [0.3, 0.4) is 0 Å². The van der Waals surface area contributed by atoms with E-state index >= 15 is 0 Å². The normalized spacial score (nSPS) is 19.2. The van der Waals surface area contributed by atoms with Gasteiger partial charge in [-0.15, -0.1) is 0 Å². The summed E-state index contributed by atoms with van der Waals surface area (Å²) in [4.78, 5) is 29.8. The van der Waals surface area contributed by atoms with Gasteiger partial charge in [0.25, 0.3) is 0 Å². The zero-order valence-electron chi connectivity index (χ0n) is 15.5. The lowest BCUT2D eigenvalue weighted by Crippen LogP contribution is -2.24. The Morgan fingerprint density at radius 1 is 1.38 bits per heavy atom. The molecule has 0 saturated heterocycles. The van der Waals surface area contributed by atoms with E-state index in [0.29, 0.717) is 15.5 Å². The summed E-state index contributed by atoms with van der Waals surface area (Å²) in [5.74, 6) is -1.00. The number of aliphatic imine (C=N–C) groups is 1. The molecule has 2 atom stereocenters. The SMILES string of the molecule is C=C(N)/N=C1/SC(C(=O)OCC)=CC1C(C)C(=O)c1cc(C)ccc1C. The number of benzene rings is 1. The highest BCUT2D eigenvalue weighted by molar-refractivity contribution is 8.18. The maximum Gasteiger partial charge on any atom is 0.344 e. The predicted octanol–water partition coefficient (Wildman–Crippen LogP) is 3.76. The van der Waals surface area contributed by atoms with E-state index in [1.165, 1.54) is 11.8 Å². The minimum atomic E-state index is -0.415. The van der Waals surface area contributed by atoms with Crippen LogP contribution in [0.4, 0.5) is 0 Å². The average Bonchev–Trinajstić information content (AvgIpc) is 2.99. The lowest BCUT2D eigenvalue weighted by Gasteiger charge is -2.18. The Morgan fingerprint density at radius 2 is 2.08 bits per heavy atom. The van der Waals surface area contributed by atoms with Crippen LogP contribution in [-0.4, -0.2) is 23.4 Å². The Balaban J connectivity index is 2.37. The third-order valence-electron chi connectivity index (χ3n) is 4.17. The van der Waals surface area contributed by atoms with E-state index in [-0.39, 0.29) is 24.1 Å². The van der Waals surface area contributed by atoms with Crippen molar-refractivity contribution < 1.29 is 14.3 Å². The van der Waals surface area contributed by atoms with Gasteiger partial charge < -0.3 is 10.5 Å². The molecule has 0 fully saturated rings. The number of rotatable bonds is 6. The van der Waals surface area contributed by atoms with E-state index in [1.807, 2.05) is 39.0 Å². The van der Waals surface area contributed by atoms with Gasteiger partial charge >= 0.3 is 5.97 Å². The highest BCUT2D eigenvalue weighted by Crippen LogP contribution is 2.38. The van der Waals surface area contributed by atoms with Gasteiger partial charge in [0.2, 0.25) is 0 Å². The molecule has 138 valence electrons. The predicted molar refractivity (Wildman–Crippen MR) is 106 cm³/mol. The van der Waals surface area contributed by atoms with Crippen LogP contribution in [0.15, 0.2) is 46.6 Å². The molecule has 26 heavy (non-hydrogen) atoms. The summed E-state index contributed by atoms with van der Waals surface area (Å²) in [7, 11) is 0. The van der Waals surface area contributed by atoms with Crippen molar-refractivity contribution in [3.05, 3.63) is 58.3 Å². The number of carbonyl (C=O) groups excluding carboxylic acids is 2. The molecule has 0 saturated carbocycles. The smallest absolute Gasteiger partial charge is 0.344 e. The van der Waals surface area contributed by atoms with Crippen LogP contribution in [0, 0.1) is 25.7 Å². The summed E-state index contributed by atoms with van der Waals surface area (Å²) in [6.45, 7) is 11.3. The Labute approximate surface area is 158 Å². The van der Waals surface area contributed by atoms with Gasteiger partial charge in [0.05, 0.1) is 16.6 Å². The second-order valence-corrected chi connectivity index (χ2v) is 7.35. The summed E-state index contributed by atoms with van der Waals surface area (Å²) < 4.78 is 5.07. The molecule has 0 spiro atoms. The van der Waals surface area contributed by atoms with Crippen molar-refractivity contribution in [2.45, 2.75) is 27.7 Å². The molecule has 2 unspecified atom stereocenters.